The molecule has 0 bridgehead atoms. The molecule has 2 heterocycles. The summed E-state index contributed by atoms with van der Waals surface area (Å²) in [5.74, 6) is -0.192. The minimum absolute atomic E-state index is 0.00940. The second-order valence-electron chi connectivity index (χ2n) is 7.29. The SMILES string of the molecule is COc1ccccc1-n1c(NS(=O)(=O)c2ccc(F)cc2)c(C#N)c2nc3ccccc3nc21. The topological polar surface area (TPSA) is 110 Å². The molecule has 2 aromatic heterocycles. The van der Waals surface area contributed by atoms with E-state index in [9.17, 15) is 18.1 Å². The van der Waals surface area contributed by atoms with E-state index in [2.05, 4.69) is 20.8 Å². The van der Waals surface area contributed by atoms with Gasteiger partial charge in [0.25, 0.3) is 10.0 Å². The number of ether oxygens (including phenoxy) is 1. The molecule has 0 amide bonds. The zero-order valence-electron chi connectivity index (χ0n) is 17.7. The van der Waals surface area contributed by atoms with Crippen molar-refractivity contribution in [1.82, 2.24) is 14.5 Å². The van der Waals surface area contributed by atoms with Gasteiger partial charge in [-0.3, -0.25) is 9.29 Å². The molecular formula is C24H16FN5O3S. The summed E-state index contributed by atoms with van der Waals surface area (Å²) in [6.45, 7) is 0. The molecular weight excluding hydrogens is 457 g/mol. The lowest BCUT2D eigenvalue weighted by Gasteiger charge is -2.15. The Morgan fingerprint density at radius 2 is 1.62 bits per heavy atom. The molecule has 10 heteroatoms. The van der Waals surface area contributed by atoms with Crippen LogP contribution >= 0.6 is 0 Å². The Balaban J connectivity index is 1.85. The van der Waals surface area contributed by atoms with Crippen LogP contribution in [0.2, 0.25) is 0 Å². The standard InChI is InChI=1S/C24H16FN5O3S/c1-33-21-9-5-4-8-20(21)30-23(29-34(31,32)16-12-10-15(25)11-13-16)17(14-26)22-24(30)28-19-7-3-2-6-18(19)27-22/h2-13,29H,1H3. The van der Waals surface area contributed by atoms with Gasteiger partial charge in [0.05, 0.1) is 28.7 Å². The number of aromatic nitrogens is 3. The highest BCUT2D eigenvalue weighted by atomic mass is 32.2. The average Bonchev–Trinajstić information content (AvgIpc) is 3.13. The van der Waals surface area contributed by atoms with Gasteiger partial charge in [0.2, 0.25) is 0 Å². The first-order valence-corrected chi connectivity index (χ1v) is 11.5. The number of hydrogen-bond donors (Lipinski definition) is 1. The van der Waals surface area contributed by atoms with Gasteiger partial charge in [-0.2, -0.15) is 5.26 Å². The maximum atomic E-state index is 13.4. The minimum atomic E-state index is -4.19. The molecule has 0 unspecified atom stereocenters. The van der Waals surface area contributed by atoms with Crippen LogP contribution in [0.5, 0.6) is 5.75 Å². The number of halogens is 1. The van der Waals surface area contributed by atoms with Crippen molar-refractivity contribution in [3.8, 4) is 17.5 Å². The molecule has 0 radical (unpaired) electrons. The molecule has 0 aliphatic carbocycles. The summed E-state index contributed by atoms with van der Waals surface area (Å²) in [5.41, 5.74) is 2.07. The molecule has 5 rings (SSSR count). The second kappa shape index (κ2) is 8.13. The van der Waals surface area contributed by atoms with E-state index < -0.39 is 15.8 Å². The summed E-state index contributed by atoms with van der Waals surface area (Å²) >= 11 is 0. The summed E-state index contributed by atoms with van der Waals surface area (Å²) in [4.78, 5) is 9.11. The van der Waals surface area contributed by atoms with E-state index >= 15 is 0 Å². The number of nitriles is 1. The van der Waals surface area contributed by atoms with Gasteiger partial charge in [-0.05, 0) is 48.5 Å². The van der Waals surface area contributed by atoms with Crippen LogP contribution in [0.1, 0.15) is 5.56 Å². The highest BCUT2D eigenvalue weighted by molar-refractivity contribution is 7.92. The molecule has 168 valence electrons. The Morgan fingerprint density at radius 3 is 2.29 bits per heavy atom. The summed E-state index contributed by atoms with van der Waals surface area (Å²) in [6, 6.07) is 20.5. The monoisotopic (exact) mass is 473 g/mol. The number of fused-ring (bicyclic) bond motifs is 2. The van der Waals surface area contributed by atoms with Gasteiger partial charge in [-0.1, -0.05) is 24.3 Å². The molecule has 0 saturated heterocycles. The van der Waals surface area contributed by atoms with Crippen molar-refractivity contribution in [2.24, 2.45) is 0 Å². The zero-order chi connectivity index (χ0) is 23.9. The maximum absolute atomic E-state index is 13.4. The molecule has 0 aliphatic rings. The number of para-hydroxylation sites is 4. The maximum Gasteiger partial charge on any atom is 0.263 e. The lowest BCUT2D eigenvalue weighted by Crippen LogP contribution is -2.16. The summed E-state index contributed by atoms with van der Waals surface area (Å²) in [5, 5.41) is 10.0. The molecule has 34 heavy (non-hydrogen) atoms. The van der Waals surface area contributed by atoms with Crippen LogP contribution in [-0.2, 0) is 10.0 Å². The molecule has 8 nitrogen and oxygen atoms in total. The van der Waals surface area contributed by atoms with E-state index in [0.717, 1.165) is 24.3 Å². The quantitative estimate of drug-likeness (QED) is 0.405. The van der Waals surface area contributed by atoms with Crippen LogP contribution in [0.15, 0.2) is 77.7 Å². The number of nitrogens with zero attached hydrogens (tertiary/aromatic N) is 4. The molecule has 3 aromatic carbocycles. The second-order valence-corrected chi connectivity index (χ2v) is 8.97. The third-order valence-electron chi connectivity index (χ3n) is 5.25. The first-order valence-electron chi connectivity index (χ1n) is 10.1. The first kappa shape index (κ1) is 21.4. The number of hydrogen-bond acceptors (Lipinski definition) is 6. The van der Waals surface area contributed by atoms with Crippen molar-refractivity contribution in [1.29, 1.82) is 5.26 Å². The molecule has 5 aromatic rings. The number of anilines is 1. The van der Waals surface area contributed by atoms with Crippen LogP contribution in [0.4, 0.5) is 10.2 Å². The van der Waals surface area contributed by atoms with Gasteiger partial charge in [-0.25, -0.2) is 22.8 Å². The smallest absolute Gasteiger partial charge is 0.263 e. The van der Waals surface area contributed by atoms with E-state index in [4.69, 9.17) is 4.74 Å². The van der Waals surface area contributed by atoms with Crippen molar-refractivity contribution in [3.05, 3.63) is 84.2 Å². The fraction of sp³-hybridized carbons (Fsp3) is 0.0417. The first-order chi connectivity index (χ1) is 16.4. The van der Waals surface area contributed by atoms with E-state index in [0.29, 0.717) is 22.5 Å². The van der Waals surface area contributed by atoms with Crippen molar-refractivity contribution < 1.29 is 17.5 Å². The predicted octanol–water partition coefficient (Wildman–Crippen LogP) is 4.39. The Hall–Kier alpha value is -4.49. The van der Waals surface area contributed by atoms with Gasteiger partial charge in [0, 0.05) is 0 Å². The molecule has 0 saturated carbocycles. The van der Waals surface area contributed by atoms with Gasteiger partial charge in [0.15, 0.2) is 5.65 Å². The van der Waals surface area contributed by atoms with Crippen LogP contribution in [-0.4, -0.2) is 30.1 Å². The number of sulfonamides is 1. The zero-order valence-corrected chi connectivity index (χ0v) is 18.5. The van der Waals surface area contributed by atoms with Crippen molar-refractivity contribution >= 4 is 38.0 Å². The van der Waals surface area contributed by atoms with Gasteiger partial charge >= 0.3 is 0 Å². The van der Waals surface area contributed by atoms with Gasteiger partial charge < -0.3 is 4.74 Å². The van der Waals surface area contributed by atoms with Gasteiger partial charge in [-0.15, -0.1) is 0 Å². The number of nitrogens with one attached hydrogen (secondary N) is 1. The number of rotatable bonds is 5. The van der Waals surface area contributed by atoms with Crippen LogP contribution in [0.3, 0.4) is 0 Å². The van der Waals surface area contributed by atoms with E-state index in [-0.39, 0.29) is 27.4 Å². The predicted molar refractivity (Wildman–Crippen MR) is 125 cm³/mol. The summed E-state index contributed by atoms with van der Waals surface area (Å²) in [6.07, 6.45) is 0. The molecule has 0 aliphatic heterocycles. The van der Waals surface area contributed by atoms with Crippen molar-refractivity contribution in [2.45, 2.75) is 4.90 Å². The highest BCUT2D eigenvalue weighted by Gasteiger charge is 2.27. The van der Waals surface area contributed by atoms with Gasteiger partial charge in [0.1, 0.15) is 34.5 Å². The van der Waals surface area contributed by atoms with E-state index in [1.807, 2.05) is 6.07 Å². The molecule has 1 N–H and O–H groups in total. The lowest BCUT2D eigenvalue weighted by atomic mass is 10.2. The number of methoxy groups -OCH3 is 1. The fourth-order valence-corrected chi connectivity index (χ4v) is 4.76. The minimum Gasteiger partial charge on any atom is -0.495 e. The van der Waals surface area contributed by atoms with Crippen LogP contribution < -0.4 is 9.46 Å². The fourth-order valence-electron chi connectivity index (χ4n) is 3.70. The third kappa shape index (κ3) is 3.48. The lowest BCUT2D eigenvalue weighted by molar-refractivity contribution is 0.413. The van der Waals surface area contributed by atoms with Crippen LogP contribution in [0.25, 0.3) is 27.9 Å². The summed E-state index contributed by atoms with van der Waals surface area (Å²) in [7, 11) is -2.71. The highest BCUT2D eigenvalue weighted by Crippen LogP contribution is 2.36. The third-order valence-corrected chi connectivity index (χ3v) is 6.61. The normalized spacial score (nSPS) is 11.4. The van der Waals surface area contributed by atoms with Crippen LogP contribution in [0, 0.1) is 17.1 Å². The average molecular weight is 473 g/mol. The Bertz CT molecular complexity index is 1710. The molecule has 0 spiro atoms. The Kier molecular flexibility index (Phi) is 5.11. The van der Waals surface area contributed by atoms with E-state index in [1.165, 1.54) is 11.7 Å². The molecule has 0 fully saturated rings. The van der Waals surface area contributed by atoms with Crippen molar-refractivity contribution in [2.75, 3.05) is 11.8 Å². The Morgan fingerprint density at radius 1 is 0.971 bits per heavy atom. The van der Waals surface area contributed by atoms with Crippen molar-refractivity contribution in [3.63, 3.8) is 0 Å². The number of benzene rings is 3. The largest absolute Gasteiger partial charge is 0.495 e. The summed E-state index contributed by atoms with van der Waals surface area (Å²) < 4.78 is 49.3. The Labute approximate surface area is 193 Å². The molecule has 0 atom stereocenters. The van der Waals surface area contributed by atoms with E-state index in [1.54, 1.807) is 42.5 Å².